The Hall–Kier alpha value is -3.02. The molecule has 152 valence electrons. The van der Waals surface area contributed by atoms with Crippen LogP contribution in [0.1, 0.15) is 37.9 Å². The third-order valence-corrected chi connectivity index (χ3v) is 5.59. The molecule has 0 bridgehead atoms. The summed E-state index contributed by atoms with van der Waals surface area (Å²) in [6.45, 7) is 3.69. The molecule has 0 aliphatic carbocycles. The highest BCUT2D eigenvalue weighted by Gasteiger charge is 2.36. The van der Waals surface area contributed by atoms with E-state index in [9.17, 15) is 4.79 Å². The third kappa shape index (κ3) is 3.55. The van der Waals surface area contributed by atoms with Crippen molar-refractivity contribution in [3.63, 3.8) is 0 Å². The summed E-state index contributed by atoms with van der Waals surface area (Å²) in [5.74, 6) is 2.49. The monoisotopic (exact) mass is 393 g/mol. The Morgan fingerprint density at radius 2 is 1.97 bits per heavy atom. The van der Waals surface area contributed by atoms with E-state index in [0.717, 1.165) is 41.9 Å². The lowest BCUT2D eigenvalue weighted by molar-refractivity contribution is -0.117. The van der Waals surface area contributed by atoms with Crippen molar-refractivity contribution >= 4 is 22.6 Å². The van der Waals surface area contributed by atoms with E-state index in [1.807, 2.05) is 36.4 Å². The van der Waals surface area contributed by atoms with E-state index in [1.165, 1.54) is 0 Å². The number of aryl methyl sites for hydroxylation is 1. The number of imidazole rings is 1. The molecule has 2 heterocycles. The van der Waals surface area contributed by atoms with Gasteiger partial charge >= 0.3 is 0 Å². The first-order valence-corrected chi connectivity index (χ1v) is 10.1. The van der Waals surface area contributed by atoms with Crippen LogP contribution in [0.25, 0.3) is 11.0 Å². The summed E-state index contributed by atoms with van der Waals surface area (Å²) in [5.41, 5.74) is 2.87. The molecule has 0 saturated carbocycles. The minimum absolute atomic E-state index is 0.0441. The van der Waals surface area contributed by atoms with Crippen molar-refractivity contribution in [1.29, 1.82) is 0 Å². The zero-order valence-electron chi connectivity index (χ0n) is 17.2. The largest absolute Gasteiger partial charge is 0.497 e. The second-order valence-corrected chi connectivity index (χ2v) is 7.41. The zero-order chi connectivity index (χ0) is 20.4. The van der Waals surface area contributed by atoms with Crippen LogP contribution in [0.3, 0.4) is 0 Å². The summed E-state index contributed by atoms with van der Waals surface area (Å²) < 4.78 is 13.1. The van der Waals surface area contributed by atoms with Crippen LogP contribution in [0.5, 0.6) is 11.5 Å². The Bertz CT molecular complexity index is 1030. The number of hydrogen-bond acceptors (Lipinski definition) is 4. The van der Waals surface area contributed by atoms with Gasteiger partial charge in [-0.1, -0.05) is 25.5 Å². The molecule has 1 aliphatic rings. The summed E-state index contributed by atoms with van der Waals surface area (Å²) in [6.07, 6.45) is 2.64. The Morgan fingerprint density at radius 3 is 2.72 bits per heavy atom. The number of hydrogen-bond donors (Lipinski definition) is 0. The first-order chi connectivity index (χ1) is 14.2. The van der Waals surface area contributed by atoms with Crippen molar-refractivity contribution in [3.8, 4) is 11.5 Å². The number of anilines is 1. The van der Waals surface area contributed by atoms with E-state index < -0.39 is 0 Å². The summed E-state index contributed by atoms with van der Waals surface area (Å²) in [5, 5.41) is 0. The molecule has 0 N–H and O–H groups in total. The minimum Gasteiger partial charge on any atom is -0.497 e. The van der Waals surface area contributed by atoms with Gasteiger partial charge < -0.3 is 18.9 Å². The average Bonchev–Trinajstić information content (AvgIpc) is 3.32. The number of aromatic nitrogens is 2. The van der Waals surface area contributed by atoms with Crippen molar-refractivity contribution in [2.24, 2.45) is 0 Å². The van der Waals surface area contributed by atoms with E-state index in [2.05, 4.69) is 17.6 Å². The number of amides is 1. The SMILES string of the molecule is CCCCn1c([C@H]2CC(=O)N(c3cc(OC)ccc3OC)C2)nc2ccccc21. The number of ether oxygens (including phenoxy) is 2. The van der Waals surface area contributed by atoms with Gasteiger partial charge in [0, 0.05) is 31.5 Å². The topological polar surface area (TPSA) is 56.6 Å². The standard InChI is InChI=1S/C23H27N3O3/c1-4-5-12-25-19-9-7-6-8-18(19)24-23(25)16-13-22(27)26(15-16)20-14-17(28-2)10-11-21(20)29-3/h6-11,14,16H,4-5,12-13,15H2,1-3H3/t16-/m0/s1. The molecule has 1 saturated heterocycles. The first kappa shape index (κ1) is 19.3. The van der Waals surface area contributed by atoms with Gasteiger partial charge in [0.2, 0.25) is 5.91 Å². The summed E-state index contributed by atoms with van der Waals surface area (Å²) in [4.78, 5) is 19.7. The maximum Gasteiger partial charge on any atom is 0.227 e. The highest BCUT2D eigenvalue weighted by atomic mass is 16.5. The van der Waals surface area contributed by atoms with Crippen LogP contribution < -0.4 is 14.4 Å². The van der Waals surface area contributed by atoms with Crippen LogP contribution in [0.4, 0.5) is 5.69 Å². The molecule has 0 unspecified atom stereocenters. The lowest BCUT2D eigenvalue weighted by Crippen LogP contribution is -2.25. The third-order valence-electron chi connectivity index (χ3n) is 5.59. The predicted octanol–water partition coefficient (Wildman–Crippen LogP) is 4.37. The van der Waals surface area contributed by atoms with E-state index in [4.69, 9.17) is 14.5 Å². The number of benzene rings is 2. The fraction of sp³-hybridized carbons (Fsp3) is 0.391. The first-order valence-electron chi connectivity index (χ1n) is 10.1. The number of unbranched alkanes of at least 4 members (excludes halogenated alkanes) is 1. The Morgan fingerprint density at radius 1 is 1.14 bits per heavy atom. The molecular formula is C23H27N3O3. The number of methoxy groups -OCH3 is 2. The lowest BCUT2D eigenvalue weighted by atomic mass is 10.1. The van der Waals surface area contributed by atoms with Crippen LogP contribution in [0.15, 0.2) is 42.5 Å². The van der Waals surface area contributed by atoms with E-state index >= 15 is 0 Å². The highest BCUT2D eigenvalue weighted by Crippen LogP contribution is 2.39. The van der Waals surface area contributed by atoms with Crippen molar-refractivity contribution < 1.29 is 14.3 Å². The number of nitrogens with zero attached hydrogens (tertiary/aromatic N) is 3. The quantitative estimate of drug-likeness (QED) is 0.598. The second-order valence-electron chi connectivity index (χ2n) is 7.41. The van der Waals surface area contributed by atoms with E-state index in [-0.39, 0.29) is 11.8 Å². The molecule has 0 radical (unpaired) electrons. The molecule has 1 aromatic heterocycles. The fourth-order valence-corrected chi connectivity index (χ4v) is 4.08. The molecule has 0 spiro atoms. The molecular weight excluding hydrogens is 366 g/mol. The van der Waals surface area contributed by atoms with Gasteiger partial charge in [-0.05, 0) is 30.7 Å². The number of carbonyl (C=O) groups excluding carboxylic acids is 1. The molecule has 6 nitrogen and oxygen atoms in total. The Kier molecular flexibility index (Phi) is 5.43. The fourth-order valence-electron chi connectivity index (χ4n) is 4.08. The number of fused-ring (bicyclic) bond motifs is 1. The maximum absolute atomic E-state index is 13.0. The molecule has 1 atom stereocenters. The van der Waals surface area contributed by atoms with Crippen molar-refractivity contribution in [2.45, 2.75) is 38.6 Å². The van der Waals surface area contributed by atoms with Gasteiger partial charge in [0.1, 0.15) is 17.3 Å². The molecule has 2 aromatic carbocycles. The van der Waals surface area contributed by atoms with Gasteiger partial charge in [0.05, 0.1) is 30.9 Å². The molecule has 6 heteroatoms. The Labute approximate surface area is 171 Å². The van der Waals surface area contributed by atoms with E-state index in [0.29, 0.717) is 24.5 Å². The second kappa shape index (κ2) is 8.15. The molecule has 1 fully saturated rings. The molecule has 4 rings (SSSR count). The lowest BCUT2D eigenvalue weighted by Gasteiger charge is -2.20. The average molecular weight is 393 g/mol. The predicted molar refractivity (Wildman–Crippen MR) is 114 cm³/mol. The van der Waals surface area contributed by atoms with Crippen molar-refractivity contribution in [2.75, 3.05) is 25.7 Å². The van der Waals surface area contributed by atoms with Crippen LogP contribution in [-0.4, -0.2) is 36.2 Å². The van der Waals surface area contributed by atoms with Crippen LogP contribution in [0, 0.1) is 0 Å². The zero-order valence-corrected chi connectivity index (χ0v) is 17.2. The van der Waals surface area contributed by atoms with Gasteiger partial charge in [-0.25, -0.2) is 4.98 Å². The highest BCUT2D eigenvalue weighted by molar-refractivity contribution is 5.98. The van der Waals surface area contributed by atoms with Gasteiger partial charge in [-0.3, -0.25) is 4.79 Å². The van der Waals surface area contributed by atoms with Crippen molar-refractivity contribution in [1.82, 2.24) is 9.55 Å². The normalized spacial score (nSPS) is 16.6. The summed E-state index contributed by atoms with van der Waals surface area (Å²) >= 11 is 0. The molecule has 1 amide bonds. The van der Waals surface area contributed by atoms with Crippen molar-refractivity contribution in [3.05, 3.63) is 48.3 Å². The number of para-hydroxylation sites is 2. The van der Waals surface area contributed by atoms with Gasteiger partial charge in [-0.15, -0.1) is 0 Å². The molecule has 1 aliphatic heterocycles. The Balaban J connectivity index is 1.70. The van der Waals surface area contributed by atoms with Crippen LogP contribution in [-0.2, 0) is 11.3 Å². The summed E-state index contributed by atoms with van der Waals surface area (Å²) in [7, 11) is 3.24. The number of carbonyl (C=O) groups is 1. The van der Waals surface area contributed by atoms with Crippen LogP contribution >= 0.6 is 0 Å². The molecule has 3 aromatic rings. The number of rotatable bonds is 7. The van der Waals surface area contributed by atoms with Gasteiger partial charge in [0.15, 0.2) is 0 Å². The van der Waals surface area contributed by atoms with E-state index in [1.54, 1.807) is 19.1 Å². The summed E-state index contributed by atoms with van der Waals surface area (Å²) in [6, 6.07) is 13.7. The van der Waals surface area contributed by atoms with Crippen LogP contribution in [0.2, 0.25) is 0 Å². The molecule has 29 heavy (non-hydrogen) atoms. The van der Waals surface area contributed by atoms with Gasteiger partial charge in [-0.2, -0.15) is 0 Å². The minimum atomic E-state index is 0.0441. The smallest absolute Gasteiger partial charge is 0.227 e. The maximum atomic E-state index is 13.0. The van der Waals surface area contributed by atoms with Gasteiger partial charge in [0.25, 0.3) is 0 Å².